The molecule has 0 saturated carbocycles. The molecule has 11 heteroatoms. The van der Waals surface area contributed by atoms with Crippen molar-refractivity contribution in [2.75, 3.05) is 39.8 Å². The van der Waals surface area contributed by atoms with E-state index in [0.717, 1.165) is 16.0 Å². The molecule has 4 heterocycles. The summed E-state index contributed by atoms with van der Waals surface area (Å²) >= 11 is 9.00. The largest absolute Gasteiger partial charge is 0.497 e. The third-order valence-electron chi connectivity index (χ3n) is 7.68. The van der Waals surface area contributed by atoms with E-state index >= 15 is 0 Å². The normalized spacial score (nSPS) is 22.8. The molecule has 2 aromatic heterocycles. The molecule has 40 heavy (non-hydrogen) atoms. The number of benzene rings is 1. The Morgan fingerprint density at radius 1 is 1.15 bits per heavy atom. The van der Waals surface area contributed by atoms with Gasteiger partial charge in [-0.1, -0.05) is 23.7 Å². The molecule has 2 aliphatic rings. The fraction of sp³-hybridized carbons (Fsp3) is 0.414. The number of aryl methyl sites for hydroxylation is 1. The van der Waals surface area contributed by atoms with Gasteiger partial charge in [-0.25, -0.2) is 4.79 Å². The molecule has 2 fully saturated rings. The van der Waals surface area contributed by atoms with Gasteiger partial charge in [0, 0.05) is 43.5 Å². The van der Waals surface area contributed by atoms with Crippen LogP contribution in [-0.2, 0) is 4.79 Å². The molecule has 0 radical (unpaired) electrons. The van der Waals surface area contributed by atoms with E-state index in [1.807, 2.05) is 54.5 Å². The summed E-state index contributed by atoms with van der Waals surface area (Å²) in [6.07, 6.45) is 0. The standard InChI is InChI=1S/C29H33ClN4O4S2/c1-4-32-29(37)34-24(27-17(2)10-15-39-27)23(26(35)20-8-9-21(30)40-20)22(18-6-5-7-19(16-18)38-3)25(34)28(36)33-13-11-31-12-14-33/h5-10,15-16,22-25,31H,4,11-14H2,1-3H3,(H,32,37). The highest BCUT2D eigenvalue weighted by Gasteiger charge is 2.59. The van der Waals surface area contributed by atoms with Gasteiger partial charge >= 0.3 is 6.03 Å². The second-order valence-electron chi connectivity index (χ2n) is 9.97. The number of Topliss-reactive ketones (excluding diaryl/α,β-unsaturated/α-hetero) is 1. The van der Waals surface area contributed by atoms with Crippen molar-refractivity contribution in [3.63, 3.8) is 0 Å². The lowest BCUT2D eigenvalue weighted by atomic mass is 9.77. The maximum atomic E-state index is 14.5. The van der Waals surface area contributed by atoms with Crippen molar-refractivity contribution in [1.29, 1.82) is 0 Å². The van der Waals surface area contributed by atoms with Gasteiger partial charge in [0.1, 0.15) is 11.8 Å². The Bertz CT molecular complexity index is 1390. The quantitative estimate of drug-likeness (QED) is 0.375. The fourth-order valence-corrected chi connectivity index (χ4v) is 7.99. The molecule has 4 atom stereocenters. The van der Waals surface area contributed by atoms with Crippen LogP contribution in [0.4, 0.5) is 4.79 Å². The van der Waals surface area contributed by atoms with Crippen LogP contribution in [0, 0.1) is 12.8 Å². The average molecular weight is 601 g/mol. The highest BCUT2D eigenvalue weighted by molar-refractivity contribution is 7.18. The number of nitrogens with one attached hydrogen (secondary N) is 2. The van der Waals surface area contributed by atoms with E-state index in [4.69, 9.17) is 16.3 Å². The van der Waals surface area contributed by atoms with Crippen molar-refractivity contribution in [2.24, 2.45) is 5.92 Å². The van der Waals surface area contributed by atoms with Crippen LogP contribution in [-0.4, -0.2) is 73.4 Å². The van der Waals surface area contributed by atoms with Crippen molar-refractivity contribution in [2.45, 2.75) is 31.8 Å². The Labute approximate surface area is 247 Å². The van der Waals surface area contributed by atoms with Crippen molar-refractivity contribution >= 4 is 52.0 Å². The molecular weight excluding hydrogens is 568 g/mol. The third-order valence-corrected chi connectivity index (χ3v) is 10.0. The SMILES string of the molecule is CCNC(=O)N1C(C(=O)N2CCNCC2)C(c2cccc(OC)c2)C(C(=O)c2ccc(Cl)s2)C1c1sccc1C. The first-order valence-electron chi connectivity index (χ1n) is 13.4. The molecule has 8 nitrogen and oxygen atoms in total. The topological polar surface area (TPSA) is 91.0 Å². The smallest absolute Gasteiger partial charge is 0.318 e. The third kappa shape index (κ3) is 5.37. The van der Waals surface area contributed by atoms with Gasteiger partial charge in [-0.3, -0.25) is 9.59 Å². The molecule has 0 spiro atoms. The summed E-state index contributed by atoms with van der Waals surface area (Å²) in [5, 5.41) is 8.20. The highest BCUT2D eigenvalue weighted by Crippen LogP contribution is 2.54. The van der Waals surface area contributed by atoms with Gasteiger partial charge < -0.3 is 25.2 Å². The molecule has 1 aromatic carbocycles. The number of urea groups is 1. The van der Waals surface area contributed by atoms with Gasteiger partial charge in [0.2, 0.25) is 5.91 Å². The van der Waals surface area contributed by atoms with Crippen molar-refractivity contribution in [3.05, 3.63) is 73.1 Å². The van der Waals surface area contributed by atoms with Gasteiger partial charge in [-0.15, -0.1) is 22.7 Å². The molecule has 3 amide bonds. The fourth-order valence-electron chi connectivity index (χ4n) is 5.88. The summed E-state index contributed by atoms with van der Waals surface area (Å²) in [5.41, 5.74) is 1.76. The predicted octanol–water partition coefficient (Wildman–Crippen LogP) is 4.95. The molecule has 4 unspecified atom stereocenters. The number of ketones is 1. The van der Waals surface area contributed by atoms with Gasteiger partial charge in [0.05, 0.1) is 28.3 Å². The first-order valence-corrected chi connectivity index (χ1v) is 15.5. The van der Waals surface area contributed by atoms with E-state index in [9.17, 15) is 14.4 Å². The number of piperazine rings is 1. The minimum absolute atomic E-state index is 0.132. The zero-order valence-electron chi connectivity index (χ0n) is 22.7. The number of ether oxygens (including phenoxy) is 1. The maximum absolute atomic E-state index is 14.5. The van der Waals surface area contributed by atoms with Gasteiger partial charge in [-0.2, -0.15) is 0 Å². The molecule has 0 aliphatic carbocycles. The Balaban J connectivity index is 1.76. The van der Waals surface area contributed by atoms with Crippen LogP contribution >= 0.6 is 34.3 Å². The van der Waals surface area contributed by atoms with Crippen LogP contribution in [0.2, 0.25) is 4.34 Å². The van der Waals surface area contributed by atoms with Gasteiger partial charge in [0.25, 0.3) is 0 Å². The molecule has 3 aromatic rings. The highest BCUT2D eigenvalue weighted by atomic mass is 35.5. The molecule has 212 valence electrons. The Morgan fingerprint density at radius 3 is 2.55 bits per heavy atom. The lowest BCUT2D eigenvalue weighted by Gasteiger charge is -2.36. The first kappa shape index (κ1) is 28.6. The number of halogens is 1. The van der Waals surface area contributed by atoms with E-state index in [2.05, 4.69) is 10.6 Å². The van der Waals surface area contributed by atoms with E-state index in [-0.39, 0.29) is 17.7 Å². The molecule has 2 aliphatic heterocycles. The lowest BCUT2D eigenvalue weighted by molar-refractivity contribution is -0.136. The van der Waals surface area contributed by atoms with Crippen molar-refractivity contribution in [1.82, 2.24) is 20.4 Å². The van der Waals surface area contributed by atoms with Crippen LogP contribution in [0.15, 0.2) is 47.8 Å². The first-order chi connectivity index (χ1) is 19.3. The Morgan fingerprint density at radius 2 is 1.93 bits per heavy atom. The molecular formula is C29H33ClN4O4S2. The maximum Gasteiger partial charge on any atom is 0.318 e. The monoisotopic (exact) mass is 600 g/mol. The lowest BCUT2D eigenvalue weighted by Crippen LogP contribution is -2.56. The van der Waals surface area contributed by atoms with Gasteiger partial charge in [0.15, 0.2) is 5.78 Å². The molecule has 0 bridgehead atoms. The number of hydrogen-bond donors (Lipinski definition) is 2. The average Bonchev–Trinajstić information content (AvgIpc) is 3.69. The number of likely N-dealkylation sites (tertiary alicyclic amines) is 1. The van der Waals surface area contributed by atoms with Crippen LogP contribution in [0.25, 0.3) is 0 Å². The summed E-state index contributed by atoms with van der Waals surface area (Å²) in [4.78, 5) is 47.8. The minimum Gasteiger partial charge on any atom is -0.497 e. The number of amides is 3. The molecule has 2 N–H and O–H groups in total. The van der Waals surface area contributed by atoms with E-state index < -0.39 is 23.9 Å². The predicted molar refractivity (Wildman–Crippen MR) is 159 cm³/mol. The second kappa shape index (κ2) is 12.3. The molecule has 2 saturated heterocycles. The summed E-state index contributed by atoms with van der Waals surface area (Å²) in [6, 6.07) is 11.0. The van der Waals surface area contributed by atoms with Crippen molar-refractivity contribution < 1.29 is 19.1 Å². The van der Waals surface area contributed by atoms with Crippen LogP contribution in [0.3, 0.4) is 0 Å². The van der Waals surface area contributed by atoms with Crippen LogP contribution < -0.4 is 15.4 Å². The number of rotatable bonds is 7. The van der Waals surface area contributed by atoms with Gasteiger partial charge in [-0.05, 0) is 60.7 Å². The Kier molecular flexibility index (Phi) is 8.80. The number of thiophene rings is 2. The summed E-state index contributed by atoms with van der Waals surface area (Å²) in [7, 11) is 1.59. The van der Waals surface area contributed by atoms with Crippen LogP contribution in [0.5, 0.6) is 5.75 Å². The number of nitrogens with zero attached hydrogens (tertiary/aromatic N) is 2. The van der Waals surface area contributed by atoms with E-state index in [1.165, 1.54) is 22.7 Å². The van der Waals surface area contributed by atoms with Crippen LogP contribution in [0.1, 0.15) is 44.6 Å². The number of hydrogen-bond acceptors (Lipinski definition) is 7. The second-order valence-corrected chi connectivity index (χ2v) is 12.6. The number of carbonyl (C=O) groups is 3. The number of carbonyl (C=O) groups excluding carboxylic acids is 3. The van der Waals surface area contributed by atoms with Crippen molar-refractivity contribution in [3.8, 4) is 5.75 Å². The minimum atomic E-state index is -0.896. The molecule has 5 rings (SSSR count). The number of methoxy groups -OCH3 is 1. The van der Waals surface area contributed by atoms with E-state index in [0.29, 0.717) is 47.7 Å². The zero-order chi connectivity index (χ0) is 28.4. The zero-order valence-corrected chi connectivity index (χ0v) is 25.1. The summed E-state index contributed by atoms with van der Waals surface area (Å²) < 4.78 is 6.06. The Hall–Kier alpha value is -2.92. The van der Waals surface area contributed by atoms with E-state index in [1.54, 1.807) is 24.1 Å². The summed E-state index contributed by atoms with van der Waals surface area (Å²) in [6.45, 7) is 6.64. The summed E-state index contributed by atoms with van der Waals surface area (Å²) in [5.74, 6) is -0.998.